The van der Waals surface area contributed by atoms with Crippen molar-refractivity contribution >= 4 is 47.5 Å². The Morgan fingerprint density at radius 3 is 1.32 bits per heavy atom. The van der Waals surface area contributed by atoms with E-state index in [0.29, 0.717) is 34.7 Å². The zero-order valence-corrected chi connectivity index (χ0v) is 51.1. The number of amides is 4. The highest BCUT2D eigenvalue weighted by Gasteiger charge is 2.43. The molecule has 0 N–H and O–H groups in total. The second kappa shape index (κ2) is 30.9. The standard InChI is InChI=1S/C63H84N8O13/c1-38(2)27-50-60(76)81-43(10)57(73)68(12)53(30-41(7)8)63(79)84-55(33-45-23-25-46(26-24-45)35-71-36-48(65-66-71)37-80-49-22-18-21-47(31-49)34-64)59(75)70(14)51(28-39(3)4)61(77)82-42(9)56(72)67(11)52(29-40(5)6)62(78)83-54(58(74)69(50)13)32-44-19-16-15-17-20-44/h15-26,31,36,38-43,50-55H,27-30,32-33,35,37H2,1-14H3/t42-,43-,50+,51+,52+,53+,54-,55-/m1/s1. The first-order chi connectivity index (χ1) is 39.7. The van der Waals surface area contributed by atoms with Gasteiger partial charge in [-0.3, -0.25) is 19.2 Å². The van der Waals surface area contributed by atoms with Crippen LogP contribution in [-0.2, 0) is 83.3 Å². The molecule has 0 unspecified atom stereocenters. The van der Waals surface area contributed by atoms with Crippen LogP contribution < -0.4 is 4.74 Å². The number of nitrogens with zero attached hydrogens (tertiary/aromatic N) is 8. The molecule has 0 aliphatic carbocycles. The average molecular weight is 1160 g/mol. The molecule has 1 aliphatic heterocycles. The lowest BCUT2D eigenvalue weighted by Crippen LogP contribution is -2.55. The second-order valence-corrected chi connectivity index (χ2v) is 23.4. The summed E-state index contributed by atoms with van der Waals surface area (Å²) in [6.07, 6.45) is -4.32. The van der Waals surface area contributed by atoms with Gasteiger partial charge in [-0.15, -0.1) is 5.10 Å². The van der Waals surface area contributed by atoms with Gasteiger partial charge in [0.25, 0.3) is 23.6 Å². The van der Waals surface area contributed by atoms with Gasteiger partial charge in [0.2, 0.25) is 0 Å². The first-order valence-electron chi connectivity index (χ1n) is 28.7. The summed E-state index contributed by atoms with van der Waals surface area (Å²) in [5.74, 6) is -7.04. The molecule has 8 atom stereocenters. The van der Waals surface area contributed by atoms with E-state index in [2.05, 4.69) is 16.4 Å². The topological polar surface area (TPSA) is 250 Å². The maximum absolute atomic E-state index is 15.1. The van der Waals surface area contributed by atoms with Crippen molar-refractivity contribution in [1.29, 1.82) is 5.26 Å². The van der Waals surface area contributed by atoms with Gasteiger partial charge < -0.3 is 43.3 Å². The number of cyclic esters (lactones) is 4. The smallest absolute Gasteiger partial charge is 0.329 e. The number of benzene rings is 3. The molecule has 5 rings (SSSR count). The molecule has 0 radical (unpaired) electrons. The first kappa shape index (κ1) is 66.6. The van der Waals surface area contributed by atoms with Crippen LogP contribution in [0.25, 0.3) is 0 Å². The highest BCUT2D eigenvalue weighted by atomic mass is 16.6. The summed E-state index contributed by atoms with van der Waals surface area (Å²) in [7, 11) is 5.52. The lowest BCUT2D eigenvalue weighted by Gasteiger charge is -2.35. The lowest BCUT2D eigenvalue weighted by atomic mass is 9.99. The molecule has 0 saturated carbocycles. The molecule has 3 aromatic carbocycles. The molecular formula is C63H84N8O13. The van der Waals surface area contributed by atoms with Crippen molar-refractivity contribution < 1.29 is 62.0 Å². The van der Waals surface area contributed by atoms with Gasteiger partial charge in [-0.05, 0) is 98.1 Å². The molecule has 21 heteroatoms. The fourth-order valence-corrected chi connectivity index (χ4v) is 9.79. The van der Waals surface area contributed by atoms with Crippen molar-refractivity contribution in [2.75, 3.05) is 28.2 Å². The Balaban J connectivity index is 1.53. The van der Waals surface area contributed by atoms with Crippen LogP contribution in [0.1, 0.15) is 123 Å². The number of likely N-dealkylation sites (N-methyl/N-ethyl adjacent to an activating group) is 4. The molecule has 0 spiro atoms. The lowest BCUT2D eigenvalue weighted by molar-refractivity contribution is -0.176. The Morgan fingerprint density at radius 1 is 0.512 bits per heavy atom. The highest BCUT2D eigenvalue weighted by molar-refractivity contribution is 5.94. The number of nitriles is 1. The van der Waals surface area contributed by atoms with Gasteiger partial charge in [-0.25, -0.2) is 23.9 Å². The second-order valence-electron chi connectivity index (χ2n) is 23.4. The molecule has 0 bridgehead atoms. The van der Waals surface area contributed by atoms with Crippen molar-refractivity contribution in [3.8, 4) is 11.8 Å². The van der Waals surface area contributed by atoms with E-state index in [0.717, 1.165) is 25.2 Å². The third-order valence-corrected chi connectivity index (χ3v) is 14.5. The molecule has 1 aliphatic rings. The maximum atomic E-state index is 15.1. The maximum Gasteiger partial charge on any atom is 0.329 e. The van der Waals surface area contributed by atoms with E-state index >= 15 is 4.79 Å². The Kier molecular flexibility index (Phi) is 24.6. The van der Waals surface area contributed by atoms with Crippen molar-refractivity contribution in [3.63, 3.8) is 0 Å². The van der Waals surface area contributed by atoms with Crippen molar-refractivity contribution in [3.05, 3.63) is 113 Å². The Bertz CT molecular complexity index is 2920. The number of aromatic nitrogens is 3. The van der Waals surface area contributed by atoms with E-state index < -0.39 is 96.1 Å². The van der Waals surface area contributed by atoms with Gasteiger partial charge in [0.15, 0.2) is 24.4 Å². The van der Waals surface area contributed by atoms with Crippen LogP contribution in [0.5, 0.6) is 5.75 Å². The van der Waals surface area contributed by atoms with E-state index in [1.165, 1.54) is 42.0 Å². The van der Waals surface area contributed by atoms with Crippen LogP contribution in [0.15, 0.2) is 85.1 Å². The van der Waals surface area contributed by atoms with E-state index in [-0.39, 0.29) is 68.8 Å². The summed E-state index contributed by atoms with van der Waals surface area (Å²) in [5, 5.41) is 17.7. The molecule has 454 valence electrons. The fourth-order valence-electron chi connectivity index (χ4n) is 9.79. The third kappa shape index (κ3) is 18.9. The number of ether oxygens (including phenoxy) is 5. The molecule has 1 saturated heterocycles. The van der Waals surface area contributed by atoms with Gasteiger partial charge in [0, 0.05) is 41.0 Å². The minimum atomic E-state index is -1.58. The third-order valence-electron chi connectivity index (χ3n) is 14.5. The number of hydrogen-bond acceptors (Lipinski definition) is 16. The summed E-state index contributed by atoms with van der Waals surface area (Å²) in [4.78, 5) is 121. The summed E-state index contributed by atoms with van der Waals surface area (Å²) in [6.45, 7) is 17.9. The number of esters is 4. The predicted octanol–water partition coefficient (Wildman–Crippen LogP) is 6.76. The highest BCUT2D eigenvalue weighted by Crippen LogP contribution is 2.25. The van der Waals surface area contributed by atoms with Gasteiger partial charge in [0.05, 0.1) is 24.4 Å². The SMILES string of the molecule is CC(C)C[C@H]1C(=O)O[C@H](Cc2ccc(Cn3cc(COc4cccc(C#N)c4)nn3)cc2)C(=O)N(C)[C@@H](CC(C)C)C(=O)O[C@H](C)C(=O)N(C)[C@@H](CC(C)C)C(=O)O[C@H](Cc2ccccc2)C(=O)N(C)[C@@H](CC(C)C)C(=O)O[C@H](C)C(=O)N1C. The Hall–Kier alpha value is -8.15. The molecule has 1 aromatic heterocycles. The monoisotopic (exact) mass is 1160 g/mol. The van der Waals surface area contributed by atoms with Crippen LogP contribution in [0, 0.1) is 35.0 Å². The number of hydrogen-bond donors (Lipinski definition) is 0. The van der Waals surface area contributed by atoms with Gasteiger partial charge in [0.1, 0.15) is 42.2 Å². The summed E-state index contributed by atoms with van der Waals surface area (Å²) >= 11 is 0. The average Bonchev–Trinajstić information content (AvgIpc) is 3.97. The minimum absolute atomic E-state index is 0.0626. The molecule has 21 nitrogen and oxygen atoms in total. The molecule has 84 heavy (non-hydrogen) atoms. The number of rotatable bonds is 17. The van der Waals surface area contributed by atoms with E-state index in [1.807, 2.05) is 67.5 Å². The van der Waals surface area contributed by atoms with E-state index in [1.54, 1.807) is 77.6 Å². The molecular weight excluding hydrogens is 1080 g/mol. The summed E-state index contributed by atoms with van der Waals surface area (Å²) in [6, 6.07) is 19.7. The van der Waals surface area contributed by atoms with E-state index in [9.17, 15) is 38.8 Å². The Labute approximate surface area is 493 Å². The van der Waals surface area contributed by atoms with Gasteiger partial charge in [-0.1, -0.05) is 121 Å². The van der Waals surface area contributed by atoms with Crippen molar-refractivity contribution in [2.45, 2.75) is 169 Å². The molecule has 4 amide bonds. The van der Waals surface area contributed by atoms with Crippen molar-refractivity contribution in [1.82, 2.24) is 34.6 Å². The summed E-state index contributed by atoms with van der Waals surface area (Å²) < 4.78 is 31.5. The van der Waals surface area contributed by atoms with Crippen LogP contribution >= 0.6 is 0 Å². The van der Waals surface area contributed by atoms with Crippen LogP contribution in [-0.4, -0.2) is 159 Å². The molecule has 4 aromatic rings. The summed E-state index contributed by atoms with van der Waals surface area (Å²) in [5.41, 5.74) is 3.02. The largest absolute Gasteiger partial charge is 0.487 e. The van der Waals surface area contributed by atoms with Crippen LogP contribution in [0.4, 0.5) is 0 Å². The normalized spacial score (nSPS) is 22.5. The molecule has 1 fully saturated rings. The quantitative estimate of drug-likeness (QED) is 0.0783. The fraction of sp³-hybridized carbons (Fsp3) is 0.540. The van der Waals surface area contributed by atoms with E-state index in [4.69, 9.17) is 23.7 Å². The zero-order valence-electron chi connectivity index (χ0n) is 51.1. The van der Waals surface area contributed by atoms with Gasteiger partial charge >= 0.3 is 23.9 Å². The zero-order chi connectivity index (χ0) is 62.1. The van der Waals surface area contributed by atoms with Crippen LogP contribution in [0.3, 0.4) is 0 Å². The van der Waals surface area contributed by atoms with Crippen LogP contribution in [0.2, 0.25) is 0 Å². The van der Waals surface area contributed by atoms with Gasteiger partial charge in [-0.2, -0.15) is 5.26 Å². The Morgan fingerprint density at radius 2 is 0.905 bits per heavy atom. The number of carbonyl (C=O) groups is 8. The number of carbonyl (C=O) groups excluding carboxylic acids is 8. The first-order valence-corrected chi connectivity index (χ1v) is 28.7. The minimum Gasteiger partial charge on any atom is -0.487 e. The van der Waals surface area contributed by atoms with Crippen molar-refractivity contribution in [2.24, 2.45) is 23.7 Å². The predicted molar refractivity (Wildman–Crippen MR) is 310 cm³/mol. The molecule has 2 heterocycles.